The van der Waals surface area contributed by atoms with E-state index in [1.165, 1.54) is 5.39 Å². The van der Waals surface area contributed by atoms with Crippen LogP contribution in [0.2, 0.25) is 0 Å². The van der Waals surface area contributed by atoms with Gasteiger partial charge in [0.1, 0.15) is 17.6 Å². The summed E-state index contributed by atoms with van der Waals surface area (Å²) in [6, 6.07) is 14.4. The lowest BCUT2D eigenvalue weighted by atomic mass is 10.1. The van der Waals surface area contributed by atoms with Crippen LogP contribution in [0.15, 0.2) is 57.6 Å². The molecule has 1 aliphatic heterocycles. The zero-order chi connectivity index (χ0) is 14.9. The summed E-state index contributed by atoms with van der Waals surface area (Å²) in [6.07, 6.45) is 2.69. The van der Waals surface area contributed by atoms with Crippen LogP contribution in [-0.4, -0.2) is 6.54 Å². The van der Waals surface area contributed by atoms with Crippen LogP contribution in [0.3, 0.4) is 0 Å². The van der Waals surface area contributed by atoms with Crippen molar-refractivity contribution in [2.75, 3.05) is 6.54 Å². The first-order valence-corrected chi connectivity index (χ1v) is 8.23. The molecule has 0 bridgehead atoms. The fourth-order valence-electron chi connectivity index (χ4n) is 2.98. The summed E-state index contributed by atoms with van der Waals surface area (Å²) in [5, 5.41) is 5.66. The van der Waals surface area contributed by atoms with Crippen molar-refractivity contribution in [1.29, 1.82) is 0 Å². The lowest BCUT2D eigenvalue weighted by Gasteiger charge is -2.19. The maximum Gasteiger partial charge on any atom is 0.128 e. The van der Waals surface area contributed by atoms with Crippen LogP contribution in [0.5, 0.6) is 5.75 Å². The van der Waals surface area contributed by atoms with Gasteiger partial charge in [-0.15, -0.1) is 12.4 Å². The fraction of sp³-hybridized carbons (Fsp3) is 0.222. The van der Waals surface area contributed by atoms with E-state index in [4.69, 9.17) is 9.15 Å². The van der Waals surface area contributed by atoms with Gasteiger partial charge in [-0.1, -0.05) is 40.2 Å². The zero-order valence-corrected chi connectivity index (χ0v) is 14.8. The number of furan rings is 1. The summed E-state index contributed by atoms with van der Waals surface area (Å²) in [5.41, 5.74) is 1.15. The molecule has 0 saturated carbocycles. The normalized spacial score (nSPS) is 17.2. The van der Waals surface area contributed by atoms with Gasteiger partial charge in [0.15, 0.2) is 0 Å². The van der Waals surface area contributed by atoms with E-state index < -0.39 is 0 Å². The third-order valence-electron chi connectivity index (χ3n) is 4.10. The molecule has 2 aromatic carbocycles. The molecule has 23 heavy (non-hydrogen) atoms. The second kappa shape index (κ2) is 6.95. The number of hydrogen-bond donors (Lipinski definition) is 1. The van der Waals surface area contributed by atoms with Crippen LogP contribution in [0, 0.1) is 0 Å². The molecule has 0 amide bonds. The Labute approximate surface area is 149 Å². The summed E-state index contributed by atoms with van der Waals surface area (Å²) in [6.45, 7) is 1.69. The van der Waals surface area contributed by atoms with Crippen LogP contribution >= 0.6 is 28.3 Å². The van der Waals surface area contributed by atoms with Gasteiger partial charge >= 0.3 is 0 Å². The van der Waals surface area contributed by atoms with Crippen molar-refractivity contribution < 1.29 is 9.15 Å². The minimum atomic E-state index is 0. The number of rotatable bonds is 2. The van der Waals surface area contributed by atoms with Gasteiger partial charge in [-0.05, 0) is 30.1 Å². The molecule has 3 aromatic rings. The van der Waals surface area contributed by atoms with Crippen LogP contribution in [0.25, 0.3) is 10.8 Å². The third kappa shape index (κ3) is 3.11. The van der Waals surface area contributed by atoms with E-state index in [1.807, 2.05) is 30.3 Å². The predicted molar refractivity (Wildman–Crippen MR) is 97.3 cm³/mol. The molecule has 1 aliphatic rings. The summed E-state index contributed by atoms with van der Waals surface area (Å²) < 4.78 is 13.0. The molecule has 1 aromatic heterocycles. The average Bonchev–Trinajstić information content (AvgIpc) is 2.93. The van der Waals surface area contributed by atoms with E-state index in [0.29, 0.717) is 0 Å². The molecule has 0 aliphatic carbocycles. The van der Waals surface area contributed by atoms with Crippen molar-refractivity contribution in [2.45, 2.75) is 19.1 Å². The minimum Gasteiger partial charge on any atom is -0.485 e. The van der Waals surface area contributed by atoms with Gasteiger partial charge in [0.2, 0.25) is 0 Å². The SMILES string of the molecule is Brc1ccc(OC2CCNCc3occc32)c2ccccc12.Cl. The Morgan fingerprint density at radius 2 is 1.91 bits per heavy atom. The van der Waals surface area contributed by atoms with Crippen LogP contribution < -0.4 is 10.1 Å². The summed E-state index contributed by atoms with van der Waals surface area (Å²) in [5.74, 6) is 1.89. The molecular weight excluding hydrogens is 378 g/mol. The van der Waals surface area contributed by atoms with Crippen molar-refractivity contribution in [2.24, 2.45) is 0 Å². The maximum atomic E-state index is 6.37. The standard InChI is InChI=1S/C18H16BrNO2.ClH/c19-15-5-6-16(13-4-2-1-3-12(13)15)22-17-7-9-20-11-18-14(17)8-10-21-18;/h1-6,8,10,17,20H,7,9,11H2;1H. The summed E-state index contributed by atoms with van der Waals surface area (Å²) in [4.78, 5) is 0. The van der Waals surface area contributed by atoms with E-state index in [0.717, 1.165) is 46.4 Å². The highest BCUT2D eigenvalue weighted by Gasteiger charge is 2.23. The van der Waals surface area contributed by atoms with Crippen molar-refractivity contribution in [3.05, 3.63) is 64.5 Å². The van der Waals surface area contributed by atoms with E-state index in [2.05, 4.69) is 33.4 Å². The van der Waals surface area contributed by atoms with Crippen molar-refractivity contribution >= 4 is 39.1 Å². The molecule has 4 rings (SSSR count). The van der Waals surface area contributed by atoms with E-state index in [-0.39, 0.29) is 18.5 Å². The molecule has 0 spiro atoms. The van der Waals surface area contributed by atoms with Gasteiger partial charge in [0.25, 0.3) is 0 Å². The van der Waals surface area contributed by atoms with Crippen molar-refractivity contribution in [3.63, 3.8) is 0 Å². The largest absolute Gasteiger partial charge is 0.485 e. The Hall–Kier alpha value is -1.49. The van der Waals surface area contributed by atoms with E-state index in [1.54, 1.807) is 6.26 Å². The number of nitrogens with one attached hydrogen (secondary N) is 1. The summed E-state index contributed by atoms with van der Waals surface area (Å²) >= 11 is 3.61. The molecule has 2 heterocycles. The molecule has 0 fully saturated rings. The second-order valence-corrected chi connectivity index (χ2v) is 6.32. The highest BCUT2D eigenvalue weighted by Crippen LogP contribution is 2.36. The van der Waals surface area contributed by atoms with Crippen LogP contribution in [-0.2, 0) is 6.54 Å². The molecule has 1 atom stereocenters. The van der Waals surface area contributed by atoms with Crippen LogP contribution in [0.1, 0.15) is 23.8 Å². The number of ether oxygens (including phenoxy) is 1. The molecule has 0 radical (unpaired) electrons. The Bertz CT molecular complexity index is 818. The fourth-order valence-corrected chi connectivity index (χ4v) is 3.46. The van der Waals surface area contributed by atoms with Crippen molar-refractivity contribution in [1.82, 2.24) is 5.32 Å². The number of hydrogen-bond acceptors (Lipinski definition) is 3. The molecular formula is C18H17BrClNO2. The topological polar surface area (TPSA) is 34.4 Å². The molecule has 0 saturated heterocycles. The quantitative estimate of drug-likeness (QED) is 0.646. The maximum absolute atomic E-state index is 6.37. The third-order valence-corrected chi connectivity index (χ3v) is 4.79. The van der Waals surface area contributed by atoms with Gasteiger partial charge in [-0.25, -0.2) is 0 Å². The number of halogens is 2. The highest BCUT2D eigenvalue weighted by atomic mass is 79.9. The molecule has 1 unspecified atom stereocenters. The minimum absolute atomic E-state index is 0. The molecule has 3 nitrogen and oxygen atoms in total. The zero-order valence-electron chi connectivity index (χ0n) is 12.4. The second-order valence-electron chi connectivity index (χ2n) is 5.46. The van der Waals surface area contributed by atoms with Gasteiger partial charge in [-0.3, -0.25) is 0 Å². The van der Waals surface area contributed by atoms with Crippen LogP contribution in [0.4, 0.5) is 0 Å². The first kappa shape index (κ1) is 16.4. The molecule has 120 valence electrons. The van der Waals surface area contributed by atoms with Gasteiger partial charge in [0.05, 0.1) is 12.8 Å². The highest BCUT2D eigenvalue weighted by molar-refractivity contribution is 9.10. The smallest absolute Gasteiger partial charge is 0.128 e. The lowest BCUT2D eigenvalue weighted by molar-refractivity contribution is 0.199. The van der Waals surface area contributed by atoms with Crippen molar-refractivity contribution in [3.8, 4) is 5.75 Å². The number of fused-ring (bicyclic) bond motifs is 2. The molecule has 1 N–H and O–H groups in total. The monoisotopic (exact) mass is 393 g/mol. The average molecular weight is 395 g/mol. The Kier molecular flexibility index (Phi) is 4.95. The van der Waals surface area contributed by atoms with Gasteiger partial charge in [-0.2, -0.15) is 0 Å². The van der Waals surface area contributed by atoms with Gasteiger partial charge < -0.3 is 14.5 Å². The summed E-state index contributed by atoms with van der Waals surface area (Å²) in [7, 11) is 0. The van der Waals surface area contributed by atoms with E-state index in [9.17, 15) is 0 Å². The lowest BCUT2D eigenvalue weighted by Crippen LogP contribution is -2.14. The Morgan fingerprint density at radius 3 is 2.78 bits per heavy atom. The predicted octanol–water partition coefficient (Wildman–Crippen LogP) is 5.23. The van der Waals surface area contributed by atoms with E-state index >= 15 is 0 Å². The first-order valence-electron chi connectivity index (χ1n) is 7.44. The molecule has 5 heteroatoms. The number of benzene rings is 2. The first-order chi connectivity index (χ1) is 10.8. The Morgan fingerprint density at radius 1 is 1.09 bits per heavy atom. The van der Waals surface area contributed by atoms with Gasteiger partial charge in [0, 0.05) is 21.8 Å². The Balaban J connectivity index is 0.00000156.